The molecule has 0 aromatic heterocycles. The van der Waals surface area contributed by atoms with Crippen LogP contribution in [0, 0.1) is 0 Å². The van der Waals surface area contributed by atoms with E-state index in [0.717, 1.165) is 0 Å². The van der Waals surface area contributed by atoms with Crippen molar-refractivity contribution in [3.05, 3.63) is 0 Å². The lowest BCUT2D eigenvalue weighted by atomic mass is 10.5. The summed E-state index contributed by atoms with van der Waals surface area (Å²) in [5, 5.41) is 2.66. The highest BCUT2D eigenvalue weighted by Gasteiger charge is 2.00. The molecule has 0 rings (SSSR count). The van der Waals surface area contributed by atoms with Gasteiger partial charge in [-0.25, -0.2) is 0 Å². The summed E-state index contributed by atoms with van der Waals surface area (Å²) in [6, 6.07) is 0. The van der Waals surface area contributed by atoms with Gasteiger partial charge in [0, 0.05) is 13.2 Å². The lowest BCUT2D eigenvalue weighted by molar-refractivity contribution is -0.126. The third-order valence-electron chi connectivity index (χ3n) is 2.06. The van der Waals surface area contributed by atoms with E-state index in [2.05, 4.69) is 5.32 Å². The Kier molecular flexibility index (Phi) is 13.7. The molecule has 1 amide bonds. The van der Waals surface area contributed by atoms with E-state index in [1.807, 2.05) is 6.92 Å². The van der Waals surface area contributed by atoms with Crippen LogP contribution in [0.15, 0.2) is 0 Å². The Hall–Kier alpha value is -1.02. The van der Waals surface area contributed by atoms with Crippen molar-refractivity contribution >= 4 is 11.7 Å². The van der Waals surface area contributed by atoms with Crippen LogP contribution in [0.2, 0.25) is 0 Å². The van der Waals surface area contributed by atoms with Crippen LogP contribution < -0.4 is 5.32 Å². The van der Waals surface area contributed by atoms with Crippen LogP contribution >= 0.6 is 0 Å². The summed E-state index contributed by atoms with van der Waals surface area (Å²) < 4.78 is 20.4. The molecule has 0 aliphatic carbocycles. The molecule has 0 bridgehead atoms. The molecule has 1 N–H and O–H groups in total. The third-order valence-corrected chi connectivity index (χ3v) is 2.06. The fourth-order valence-corrected chi connectivity index (χ4v) is 1.18. The number of carbonyl (C=O) groups excluding carboxylic acids is 2. The second-order valence-corrected chi connectivity index (χ2v) is 3.97. The number of carbonyl (C=O) groups is 2. The standard InChI is InChI=1S/C13H25NO6/c1-3-17-6-8-20-11-13(16)14-4-5-18-7-9-19-10-12(2)15/h3-11H2,1-2H3,(H,14,16). The van der Waals surface area contributed by atoms with Gasteiger partial charge in [-0.05, 0) is 13.8 Å². The SMILES string of the molecule is CCOCCOCC(=O)NCCOCCOCC(C)=O. The van der Waals surface area contributed by atoms with E-state index in [1.165, 1.54) is 6.92 Å². The number of Topliss-reactive ketones (excluding diaryl/α,β-unsaturated/α-hetero) is 1. The summed E-state index contributed by atoms with van der Waals surface area (Å²) in [6.45, 7) is 6.62. The molecule has 0 aromatic carbocycles. The van der Waals surface area contributed by atoms with Crippen LogP contribution in [0.1, 0.15) is 13.8 Å². The predicted molar refractivity (Wildman–Crippen MR) is 72.6 cm³/mol. The van der Waals surface area contributed by atoms with Crippen molar-refractivity contribution in [1.29, 1.82) is 0 Å². The van der Waals surface area contributed by atoms with Crippen molar-refractivity contribution in [3.8, 4) is 0 Å². The third kappa shape index (κ3) is 15.0. The van der Waals surface area contributed by atoms with Crippen LogP contribution in [0.3, 0.4) is 0 Å². The molecule has 20 heavy (non-hydrogen) atoms. The van der Waals surface area contributed by atoms with Gasteiger partial charge in [-0.3, -0.25) is 9.59 Å². The Balaban J connectivity index is 3.17. The second-order valence-electron chi connectivity index (χ2n) is 3.97. The van der Waals surface area contributed by atoms with Crippen molar-refractivity contribution in [2.75, 3.05) is 59.4 Å². The Labute approximate surface area is 119 Å². The van der Waals surface area contributed by atoms with Crippen LogP contribution in [-0.2, 0) is 28.5 Å². The summed E-state index contributed by atoms with van der Waals surface area (Å²) in [7, 11) is 0. The Morgan fingerprint density at radius 3 is 2.10 bits per heavy atom. The number of nitrogens with one attached hydrogen (secondary N) is 1. The van der Waals surface area contributed by atoms with Gasteiger partial charge in [-0.2, -0.15) is 0 Å². The smallest absolute Gasteiger partial charge is 0.246 e. The van der Waals surface area contributed by atoms with E-state index in [4.69, 9.17) is 18.9 Å². The molecule has 0 unspecified atom stereocenters. The molecule has 0 spiro atoms. The first-order valence-electron chi connectivity index (χ1n) is 6.74. The summed E-state index contributed by atoms with van der Waals surface area (Å²) in [6.07, 6.45) is 0. The predicted octanol–water partition coefficient (Wildman–Crippen LogP) is -0.222. The molecular formula is C13H25NO6. The maximum Gasteiger partial charge on any atom is 0.246 e. The van der Waals surface area contributed by atoms with Gasteiger partial charge in [0.05, 0.1) is 33.0 Å². The summed E-state index contributed by atoms with van der Waals surface area (Å²) in [4.78, 5) is 21.9. The molecule has 0 atom stereocenters. The monoisotopic (exact) mass is 291 g/mol. The number of amides is 1. The van der Waals surface area contributed by atoms with E-state index in [1.54, 1.807) is 0 Å². The van der Waals surface area contributed by atoms with Gasteiger partial charge in [0.15, 0.2) is 5.78 Å². The Morgan fingerprint density at radius 1 is 0.850 bits per heavy atom. The molecule has 0 saturated heterocycles. The average Bonchev–Trinajstić information content (AvgIpc) is 2.41. The minimum atomic E-state index is -0.182. The first kappa shape index (κ1) is 19.0. The maximum atomic E-state index is 11.3. The van der Waals surface area contributed by atoms with Crippen molar-refractivity contribution in [3.63, 3.8) is 0 Å². The summed E-state index contributed by atoms with van der Waals surface area (Å²) >= 11 is 0. The van der Waals surface area contributed by atoms with Crippen molar-refractivity contribution in [2.45, 2.75) is 13.8 Å². The van der Waals surface area contributed by atoms with Crippen LogP contribution in [-0.4, -0.2) is 71.1 Å². The van der Waals surface area contributed by atoms with E-state index in [9.17, 15) is 9.59 Å². The first-order chi connectivity index (χ1) is 9.66. The first-order valence-corrected chi connectivity index (χ1v) is 6.74. The van der Waals surface area contributed by atoms with Gasteiger partial charge < -0.3 is 24.3 Å². The quantitative estimate of drug-likeness (QED) is 0.445. The fraction of sp³-hybridized carbons (Fsp3) is 0.846. The van der Waals surface area contributed by atoms with Crippen molar-refractivity contribution in [2.24, 2.45) is 0 Å². The molecule has 0 aromatic rings. The zero-order chi connectivity index (χ0) is 15.1. The molecule has 0 heterocycles. The lowest BCUT2D eigenvalue weighted by Gasteiger charge is -2.07. The van der Waals surface area contributed by atoms with E-state index in [-0.39, 0.29) is 24.9 Å². The average molecular weight is 291 g/mol. The second kappa shape index (κ2) is 14.4. The van der Waals surface area contributed by atoms with Crippen LogP contribution in [0.25, 0.3) is 0 Å². The maximum absolute atomic E-state index is 11.3. The number of ketones is 1. The minimum absolute atomic E-state index is 0.0124. The fourth-order valence-electron chi connectivity index (χ4n) is 1.18. The number of hydrogen-bond acceptors (Lipinski definition) is 6. The topological polar surface area (TPSA) is 83.1 Å². The number of hydrogen-bond donors (Lipinski definition) is 1. The Bertz CT molecular complexity index is 259. The molecule has 118 valence electrons. The summed E-state index contributed by atoms with van der Waals surface area (Å²) in [5.74, 6) is -0.195. The van der Waals surface area contributed by atoms with Crippen LogP contribution in [0.5, 0.6) is 0 Å². The minimum Gasteiger partial charge on any atom is -0.379 e. The molecule has 0 radical (unpaired) electrons. The Morgan fingerprint density at radius 2 is 1.45 bits per heavy atom. The van der Waals surface area contributed by atoms with Gasteiger partial charge in [0.2, 0.25) is 5.91 Å². The molecule has 7 heteroatoms. The van der Waals surface area contributed by atoms with Gasteiger partial charge in [0.1, 0.15) is 13.2 Å². The van der Waals surface area contributed by atoms with Gasteiger partial charge >= 0.3 is 0 Å². The molecule has 7 nitrogen and oxygen atoms in total. The lowest BCUT2D eigenvalue weighted by Crippen LogP contribution is -2.31. The molecule has 0 aliphatic rings. The van der Waals surface area contributed by atoms with Crippen molar-refractivity contribution in [1.82, 2.24) is 5.32 Å². The van der Waals surface area contributed by atoms with E-state index >= 15 is 0 Å². The van der Waals surface area contributed by atoms with E-state index in [0.29, 0.717) is 46.2 Å². The van der Waals surface area contributed by atoms with Gasteiger partial charge in [-0.15, -0.1) is 0 Å². The van der Waals surface area contributed by atoms with Crippen molar-refractivity contribution < 1.29 is 28.5 Å². The normalized spacial score (nSPS) is 10.5. The molecular weight excluding hydrogens is 266 g/mol. The van der Waals surface area contributed by atoms with Crippen LogP contribution in [0.4, 0.5) is 0 Å². The highest BCUT2D eigenvalue weighted by Crippen LogP contribution is 1.81. The van der Waals surface area contributed by atoms with E-state index < -0.39 is 0 Å². The van der Waals surface area contributed by atoms with Gasteiger partial charge in [0.25, 0.3) is 0 Å². The molecule has 0 aliphatic heterocycles. The highest BCUT2D eigenvalue weighted by molar-refractivity contribution is 5.77. The highest BCUT2D eigenvalue weighted by atomic mass is 16.5. The zero-order valence-corrected chi connectivity index (χ0v) is 12.3. The molecule has 0 saturated carbocycles. The number of rotatable bonds is 14. The summed E-state index contributed by atoms with van der Waals surface area (Å²) in [5.41, 5.74) is 0. The molecule has 0 fully saturated rings. The van der Waals surface area contributed by atoms with Gasteiger partial charge in [-0.1, -0.05) is 0 Å². The zero-order valence-electron chi connectivity index (χ0n) is 12.3. The number of ether oxygens (including phenoxy) is 4. The largest absolute Gasteiger partial charge is 0.379 e.